The number of amides is 1. The maximum absolute atomic E-state index is 12.8. The normalized spacial score (nSPS) is 20.5. The highest BCUT2D eigenvalue weighted by Crippen LogP contribution is 2.25. The molecule has 25 heavy (non-hydrogen) atoms. The van der Waals surface area contributed by atoms with Gasteiger partial charge in [-0.2, -0.15) is 5.10 Å². The lowest BCUT2D eigenvalue weighted by Gasteiger charge is -2.38. The number of rotatable bonds is 5. The molecule has 1 aromatic heterocycles. The van der Waals surface area contributed by atoms with Gasteiger partial charge in [-0.05, 0) is 36.6 Å². The van der Waals surface area contributed by atoms with Gasteiger partial charge in [-0.1, -0.05) is 12.1 Å². The number of aromatic nitrogens is 2. The fourth-order valence-corrected chi connectivity index (χ4v) is 3.51. The first kappa shape index (κ1) is 17.5. The molecule has 0 N–H and O–H groups in total. The molecular formula is C19H25N3O3. The van der Waals surface area contributed by atoms with Gasteiger partial charge in [0.2, 0.25) is 0 Å². The molecule has 134 valence electrons. The van der Waals surface area contributed by atoms with Gasteiger partial charge < -0.3 is 14.4 Å². The average Bonchev–Trinajstić information content (AvgIpc) is 3.07. The van der Waals surface area contributed by atoms with Crippen molar-refractivity contribution in [1.29, 1.82) is 0 Å². The summed E-state index contributed by atoms with van der Waals surface area (Å²) in [4.78, 5) is 14.7. The number of carbonyl (C=O) groups is 1. The van der Waals surface area contributed by atoms with Crippen molar-refractivity contribution in [3.63, 3.8) is 0 Å². The van der Waals surface area contributed by atoms with E-state index in [1.165, 1.54) is 5.56 Å². The highest BCUT2D eigenvalue weighted by Gasteiger charge is 2.32. The van der Waals surface area contributed by atoms with Crippen LogP contribution in [0.4, 0.5) is 0 Å². The average molecular weight is 343 g/mol. The number of ether oxygens (including phenoxy) is 2. The Labute approximate surface area is 148 Å². The van der Waals surface area contributed by atoms with Crippen LogP contribution in [0, 0.1) is 5.92 Å². The first-order valence-electron chi connectivity index (χ1n) is 8.55. The van der Waals surface area contributed by atoms with Crippen LogP contribution in [0.1, 0.15) is 22.5 Å². The van der Waals surface area contributed by atoms with Gasteiger partial charge in [-0.25, -0.2) is 0 Å². The van der Waals surface area contributed by atoms with E-state index in [0.29, 0.717) is 18.8 Å². The minimum atomic E-state index is 0.0364. The molecule has 3 rings (SSSR count). The van der Waals surface area contributed by atoms with Crippen molar-refractivity contribution < 1.29 is 14.3 Å². The number of nitrogens with zero attached hydrogens (tertiary/aromatic N) is 3. The molecule has 6 nitrogen and oxygen atoms in total. The lowest BCUT2D eigenvalue weighted by Crippen LogP contribution is -2.47. The molecule has 0 spiro atoms. The third-order valence-corrected chi connectivity index (χ3v) is 4.95. The van der Waals surface area contributed by atoms with Crippen molar-refractivity contribution in [1.82, 2.24) is 14.7 Å². The van der Waals surface area contributed by atoms with Crippen molar-refractivity contribution in [2.45, 2.75) is 18.9 Å². The second kappa shape index (κ2) is 7.70. The summed E-state index contributed by atoms with van der Waals surface area (Å²) >= 11 is 0. The molecule has 1 fully saturated rings. The van der Waals surface area contributed by atoms with Gasteiger partial charge in [0.05, 0.1) is 13.2 Å². The van der Waals surface area contributed by atoms with Gasteiger partial charge in [0.1, 0.15) is 11.4 Å². The zero-order chi connectivity index (χ0) is 17.8. The summed E-state index contributed by atoms with van der Waals surface area (Å²) in [6.07, 6.45) is 3.54. The smallest absolute Gasteiger partial charge is 0.272 e. The van der Waals surface area contributed by atoms with Gasteiger partial charge in [0.15, 0.2) is 0 Å². The largest absolute Gasteiger partial charge is 0.497 e. The van der Waals surface area contributed by atoms with E-state index in [0.717, 1.165) is 18.6 Å². The van der Waals surface area contributed by atoms with Gasteiger partial charge in [0, 0.05) is 39.4 Å². The number of aryl methyl sites for hydroxylation is 1. The molecule has 0 radical (unpaired) electrons. The van der Waals surface area contributed by atoms with Gasteiger partial charge in [-0.3, -0.25) is 9.48 Å². The van der Waals surface area contributed by atoms with Crippen molar-refractivity contribution in [3.8, 4) is 5.75 Å². The number of piperidine rings is 1. The Morgan fingerprint density at radius 3 is 2.60 bits per heavy atom. The van der Waals surface area contributed by atoms with E-state index in [9.17, 15) is 4.79 Å². The molecule has 2 aromatic rings. The second-order valence-corrected chi connectivity index (χ2v) is 6.47. The van der Waals surface area contributed by atoms with E-state index in [1.54, 1.807) is 38.2 Å². The summed E-state index contributed by atoms with van der Waals surface area (Å²) in [6.45, 7) is 1.40. The molecule has 1 saturated heterocycles. The van der Waals surface area contributed by atoms with Crippen molar-refractivity contribution >= 4 is 5.91 Å². The van der Waals surface area contributed by atoms with Gasteiger partial charge in [0.25, 0.3) is 5.91 Å². The maximum atomic E-state index is 12.8. The molecule has 0 bridgehead atoms. The van der Waals surface area contributed by atoms with E-state index in [4.69, 9.17) is 9.47 Å². The van der Waals surface area contributed by atoms with Crippen LogP contribution in [0.5, 0.6) is 5.75 Å². The van der Waals surface area contributed by atoms with Crippen LogP contribution in [0.15, 0.2) is 36.5 Å². The molecule has 0 saturated carbocycles. The molecule has 1 aromatic carbocycles. The third-order valence-electron chi connectivity index (χ3n) is 4.95. The number of carbonyl (C=O) groups excluding carboxylic acids is 1. The number of methoxy groups -OCH3 is 2. The Balaban J connectivity index is 1.71. The van der Waals surface area contributed by atoms with Crippen molar-refractivity contribution in [3.05, 3.63) is 47.8 Å². The van der Waals surface area contributed by atoms with Crippen molar-refractivity contribution in [2.24, 2.45) is 13.0 Å². The Hall–Kier alpha value is -2.34. The molecule has 2 atom stereocenters. The quantitative estimate of drug-likeness (QED) is 0.835. The van der Waals surface area contributed by atoms with Crippen LogP contribution in [0.25, 0.3) is 0 Å². The number of hydrogen-bond acceptors (Lipinski definition) is 4. The van der Waals surface area contributed by atoms with E-state index < -0.39 is 0 Å². The monoisotopic (exact) mass is 343 g/mol. The van der Waals surface area contributed by atoms with Crippen LogP contribution in [0.2, 0.25) is 0 Å². The second-order valence-electron chi connectivity index (χ2n) is 6.47. The summed E-state index contributed by atoms with van der Waals surface area (Å²) in [5.41, 5.74) is 1.85. The summed E-state index contributed by atoms with van der Waals surface area (Å²) < 4.78 is 12.5. The molecule has 1 aliphatic rings. The standard InChI is InChI=1S/C19H25N3O3/c1-21-17(8-10-20-21)19(23)22-11-9-18(25-3)15(13-22)12-14-4-6-16(24-2)7-5-14/h4-8,10,15,18H,9,11-13H2,1-3H3/t15-,18+/m1/s1. The van der Waals surface area contributed by atoms with Crippen LogP contribution >= 0.6 is 0 Å². The number of hydrogen-bond donors (Lipinski definition) is 0. The van der Waals surface area contributed by atoms with Crippen LogP contribution in [-0.4, -0.2) is 54.0 Å². The summed E-state index contributed by atoms with van der Waals surface area (Å²) in [7, 11) is 5.22. The maximum Gasteiger partial charge on any atom is 0.272 e. The van der Waals surface area contributed by atoms with Crippen LogP contribution < -0.4 is 4.74 Å². The van der Waals surface area contributed by atoms with Crippen molar-refractivity contribution in [2.75, 3.05) is 27.3 Å². The molecule has 1 aliphatic heterocycles. The Kier molecular flexibility index (Phi) is 5.38. The van der Waals surface area contributed by atoms with E-state index in [-0.39, 0.29) is 17.9 Å². The van der Waals surface area contributed by atoms with Crippen LogP contribution in [0.3, 0.4) is 0 Å². The summed E-state index contributed by atoms with van der Waals surface area (Å²) in [5.74, 6) is 1.15. The Morgan fingerprint density at radius 2 is 2.00 bits per heavy atom. The number of likely N-dealkylation sites (tertiary alicyclic amines) is 1. The number of benzene rings is 1. The van der Waals surface area contributed by atoms with E-state index in [1.807, 2.05) is 17.0 Å². The van der Waals surface area contributed by atoms with Gasteiger partial charge >= 0.3 is 0 Å². The first-order valence-corrected chi connectivity index (χ1v) is 8.55. The van der Waals surface area contributed by atoms with Gasteiger partial charge in [-0.15, -0.1) is 0 Å². The predicted octanol–water partition coefficient (Wildman–Crippen LogP) is 2.15. The lowest BCUT2D eigenvalue weighted by molar-refractivity contribution is -0.00331. The van der Waals surface area contributed by atoms with Crippen LogP contribution in [-0.2, 0) is 18.2 Å². The minimum Gasteiger partial charge on any atom is -0.497 e. The zero-order valence-corrected chi connectivity index (χ0v) is 15.0. The predicted molar refractivity (Wildman–Crippen MR) is 94.7 cm³/mol. The molecule has 1 amide bonds. The fraction of sp³-hybridized carbons (Fsp3) is 0.474. The fourth-order valence-electron chi connectivity index (χ4n) is 3.51. The summed E-state index contributed by atoms with van der Waals surface area (Å²) in [5, 5.41) is 4.10. The molecule has 6 heteroatoms. The van der Waals surface area contributed by atoms with E-state index >= 15 is 0 Å². The zero-order valence-electron chi connectivity index (χ0n) is 15.0. The molecule has 2 heterocycles. The third kappa shape index (κ3) is 3.85. The summed E-state index contributed by atoms with van der Waals surface area (Å²) in [6, 6.07) is 9.86. The Bertz CT molecular complexity index is 711. The minimum absolute atomic E-state index is 0.0364. The van der Waals surface area contributed by atoms with E-state index in [2.05, 4.69) is 17.2 Å². The Morgan fingerprint density at radius 1 is 1.24 bits per heavy atom. The lowest BCUT2D eigenvalue weighted by atomic mass is 9.88. The first-order chi connectivity index (χ1) is 12.1. The SMILES string of the molecule is COc1ccc(C[C@@H]2CN(C(=O)c3ccnn3C)CC[C@@H]2OC)cc1. The topological polar surface area (TPSA) is 56.6 Å². The molecular weight excluding hydrogens is 318 g/mol. The highest BCUT2D eigenvalue weighted by molar-refractivity contribution is 5.92. The molecule has 0 unspecified atom stereocenters. The molecule has 0 aliphatic carbocycles. The highest BCUT2D eigenvalue weighted by atomic mass is 16.5.